The number of aromatic hydroxyl groups is 1. The van der Waals surface area contributed by atoms with Gasteiger partial charge in [0.05, 0.1) is 11.6 Å². The van der Waals surface area contributed by atoms with Gasteiger partial charge in [0.1, 0.15) is 0 Å². The summed E-state index contributed by atoms with van der Waals surface area (Å²) in [5.41, 5.74) is 6.84. The zero-order chi connectivity index (χ0) is 12.3. The number of phenols is 1. The van der Waals surface area contributed by atoms with Crippen molar-refractivity contribution in [3.63, 3.8) is 0 Å². The third-order valence-electron chi connectivity index (χ3n) is 2.54. The first-order valence-corrected chi connectivity index (χ1v) is 5.94. The maximum absolute atomic E-state index is 9.68. The van der Waals surface area contributed by atoms with E-state index < -0.39 is 0 Å². The van der Waals surface area contributed by atoms with Gasteiger partial charge in [-0.1, -0.05) is 13.8 Å². The minimum absolute atomic E-state index is 0.0431. The molecule has 0 amide bonds. The molecule has 3 nitrogen and oxygen atoms in total. The largest absolute Gasteiger partial charge is 0.503 e. The Morgan fingerprint density at radius 1 is 1.44 bits per heavy atom. The first-order chi connectivity index (χ1) is 7.39. The summed E-state index contributed by atoms with van der Waals surface area (Å²) in [5, 5.41) is 9.68. The Balaban J connectivity index is 3.03. The number of hydrogen-bond acceptors (Lipinski definition) is 3. The first kappa shape index (κ1) is 13.3. The second-order valence-electron chi connectivity index (χ2n) is 4.67. The lowest BCUT2D eigenvalue weighted by atomic mass is 9.86. The molecule has 0 saturated heterocycles. The van der Waals surface area contributed by atoms with E-state index in [1.165, 1.54) is 0 Å². The predicted molar refractivity (Wildman–Crippen MR) is 68.9 cm³/mol. The lowest BCUT2D eigenvalue weighted by molar-refractivity contribution is 0.362. The van der Waals surface area contributed by atoms with Gasteiger partial charge in [0, 0.05) is 0 Å². The topological polar surface area (TPSA) is 55.5 Å². The number of benzene rings is 1. The Hall–Kier alpha value is -0.740. The molecule has 0 aromatic heterocycles. The zero-order valence-corrected chi connectivity index (χ0v) is 11.5. The van der Waals surface area contributed by atoms with Crippen LogP contribution in [0.4, 0.5) is 0 Å². The minimum atomic E-state index is 0.0431. The van der Waals surface area contributed by atoms with Crippen molar-refractivity contribution < 1.29 is 9.84 Å². The van der Waals surface area contributed by atoms with E-state index in [2.05, 4.69) is 29.8 Å². The van der Waals surface area contributed by atoms with E-state index in [9.17, 15) is 5.11 Å². The zero-order valence-electron chi connectivity index (χ0n) is 9.88. The first-order valence-electron chi connectivity index (χ1n) is 5.15. The number of rotatable bonds is 4. The Bertz CT molecular complexity index is 378. The van der Waals surface area contributed by atoms with Gasteiger partial charge < -0.3 is 15.6 Å². The van der Waals surface area contributed by atoms with Crippen LogP contribution in [0.25, 0.3) is 0 Å². The van der Waals surface area contributed by atoms with E-state index in [0.29, 0.717) is 16.8 Å². The molecule has 0 spiro atoms. The fourth-order valence-electron chi connectivity index (χ4n) is 1.51. The SMILES string of the molecule is COc1cc(CC(C)(C)CN)cc(Br)c1O. The fraction of sp³-hybridized carbons (Fsp3) is 0.500. The average molecular weight is 288 g/mol. The van der Waals surface area contributed by atoms with Gasteiger partial charge in [-0.05, 0) is 52.0 Å². The normalized spacial score (nSPS) is 11.6. The Morgan fingerprint density at radius 3 is 2.56 bits per heavy atom. The van der Waals surface area contributed by atoms with Crippen LogP contribution in [0.5, 0.6) is 11.5 Å². The molecule has 1 rings (SSSR count). The van der Waals surface area contributed by atoms with Crippen LogP contribution in [0.1, 0.15) is 19.4 Å². The van der Waals surface area contributed by atoms with E-state index in [-0.39, 0.29) is 11.2 Å². The van der Waals surface area contributed by atoms with E-state index in [1.54, 1.807) is 7.11 Å². The second-order valence-corrected chi connectivity index (χ2v) is 5.53. The lowest BCUT2D eigenvalue weighted by Gasteiger charge is -2.22. The molecular formula is C12H18BrNO2. The van der Waals surface area contributed by atoms with Crippen molar-refractivity contribution in [1.82, 2.24) is 0 Å². The standard InChI is InChI=1S/C12H18BrNO2/c1-12(2,7-14)6-8-4-9(13)11(15)10(5-8)16-3/h4-5,15H,6-7,14H2,1-3H3. The van der Waals surface area contributed by atoms with Gasteiger partial charge in [-0.2, -0.15) is 0 Å². The molecule has 3 N–H and O–H groups in total. The number of halogens is 1. The quantitative estimate of drug-likeness (QED) is 0.895. The van der Waals surface area contributed by atoms with Crippen LogP contribution < -0.4 is 10.5 Å². The molecule has 0 atom stereocenters. The Kier molecular flexibility index (Phi) is 4.21. The Labute approximate surface area is 105 Å². The molecule has 1 aromatic carbocycles. The number of phenolic OH excluding ortho intramolecular Hbond substituents is 1. The van der Waals surface area contributed by atoms with Crippen molar-refractivity contribution in [2.45, 2.75) is 20.3 Å². The van der Waals surface area contributed by atoms with Gasteiger partial charge in [0.15, 0.2) is 11.5 Å². The van der Waals surface area contributed by atoms with Crippen molar-refractivity contribution in [3.8, 4) is 11.5 Å². The maximum Gasteiger partial charge on any atom is 0.172 e. The van der Waals surface area contributed by atoms with E-state index >= 15 is 0 Å². The van der Waals surface area contributed by atoms with Crippen LogP contribution in [0, 0.1) is 5.41 Å². The molecule has 0 fully saturated rings. The molecule has 0 radical (unpaired) electrons. The van der Waals surface area contributed by atoms with E-state index in [0.717, 1.165) is 12.0 Å². The molecule has 0 saturated carbocycles. The summed E-state index contributed by atoms with van der Waals surface area (Å²) in [5.74, 6) is 0.619. The van der Waals surface area contributed by atoms with E-state index in [4.69, 9.17) is 10.5 Å². The van der Waals surface area contributed by atoms with Crippen LogP contribution >= 0.6 is 15.9 Å². The van der Waals surface area contributed by atoms with Crippen LogP contribution in [-0.2, 0) is 6.42 Å². The van der Waals surface area contributed by atoms with Crippen LogP contribution in [-0.4, -0.2) is 18.8 Å². The van der Waals surface area contributed by atoms with Crippen molar-refractivity contribution in [2.75, 3.05) is 13.7 Å². The molecule has 0 aliphatic heterocycles. The average Bonchev–Trinajstić information content (AvgIpc) is 2.22. The highest BCUT2D eigenvalue weighted by Crippen LogP contribution is 2.36. The van der Waals surface area contributed by atoms with Gasteiger partial charge in [-0.3, -0.25) is 0 Å². The van der Waals surface area contributed by atoms with Crippen molar-refractivity contribution in [1.29, 1.82) is 0 Å². The van der Waals surface area contributed by atoms with Crippen LogP contribution in [0.2, 0.25) is 0 Å². The summed E-state index contributed by atoms with van der Waals surface area (Å²) in [6.45, 7) is 4.84. The van der Waals surface area contributed by atoms with Gasteiger partial charge in [-0.15, -0.1) is 0 Å². The summed E-state index contributed by atoms with van der Waals surface area (Å²) < 4.78 is 5.75. The van der Waals surface area contributed by atoms with Crippen molar-refractivity contribution in [3.05, 3.63) is 22.2 Å². The highest BCUT2D eigenvalue weighted by atomic mass is 79.9. The molecule has 90 valence electrons. The highest BCUT2D eigenvalue weighted by molar-refractivity contribution is 9.10. The molecule has 0 bridgehead atoms. The van der Waals surface area contributed by atoms with Gasteiger partial charge in [0.2, 0.25) is 0 Å². The molecule has 16 heavy (non-hydrogen) atoms. The summed E-state index contributed by atoms with van der Waals surface area (Å²) in [7, 11) is 1.54. The van der Waals surface area contributed by atoms with Gasteiger partial charge in [0.25, 0.3) is 0 Å². The van der Waals surface area contributed by atoms with E-state index in [1.807, 2.05) is 12.1 Å². The molecule has 0 aliphatic rings. The third kappa shape index (κ3) is 3.12. The molecular weight excluding hydrogens is 270 g/mol. The van der Waals surface area contributed by atoms with Crippen molar-refractivity contribution >= 4 is 15.9 Å². The highest BCUT2D eigenvalue weighted by Gasteiger charge is 2.18. The minimum Gasteiger partial charge on any atom is -0.503 e. The summed E-state index contributed by atoms with van der Waals surface area (Å²) in [6.07, 6.45) is 0.846. The number of hydrogen-bond donors (Lipinski definition) is 2. The smallest absolute Gasteiger partial charge is 0.172 e. The molecule has 0 unspecified atom stereocenters. The summed E-state index contributed by atoms with van der Waals surface area (Å²) >= 11 is 3.31. The third-order valence-corrected chi connectivity index (χ3v) is 3.15. The maximum atomic E-state index is 9.68. The van der Waals surface area contributed by atoms with Crippen LogP contribution in [0.15, 0.2) is 16.6 Å². The lowest BCUT2D eigenvalue weighted by Crippen LogP contribution is -2.25. The molecule has 0 aliphatic carbocycles. The fourth-order valence-corrected chi connectivity index (χ4v) is 2.00. The number of nitrogens with two attached hydrogens (primary N) is 1. The van der Waals surface area contributed by atoms with Crippen LogP contribution in [0.3, 0.4) is 0 Å². The molecule has 0 heterocycles. The Morgan fingerprint density at radius 2 is 2.06 bits per heavy atom. The van der Waals surface area contributed by atoms with Crippen molar-refractivity contribution in [2.24, 2.45) is 11.1 Å². The molecule has 1 aromatic rings. The van der Waals surface area contributed by atoms with Gasteiger partial charge >= 0.3 is 0 Å². The summed E-state index contributed by atoms with van der Waals surface area (Å²) in [6, 6.07) is 3.74. The number of ether oxygens (including phenoxy) is 1. The summed E-state index contributed by atoms with van der Waals surface area (Å²) in [4.78, 5) is 0. The number of methoxy groups -OCH3 is 1. The molecule has 4 heteroatoms. The van der Waals surface area contributed by atoms with Gasteiger partial charge in [-0.25, -0.2) is 0 Å². The second kappa shape index (κ2) is 5.06. The predicted octanol–water partition coefficient (Wildman–Crippen LogP) is 2.69. The monoisotopic (exact) mass is 287 g/mol.